The fraction of sp³-hybridized carbons (Fsp3) is 1.00. The van der Waals surface area contributed by atoms with Crippen molar-refractivity contribution in [2.24, 2.45) is 11.8 Å². The lowest BCUT2D eigenvalue weighted by Gasteiger charge is -1.96. The van der Waals surface area contributed by atoms with Gasteiger partial charge in [0.15, 0.2) is 0 Å². The average Bonchev–Trinajstić information content (AvgIpc) is 2.31. The van der Waals surface area contributed by atoms with Crippen LogP contribution in [0.4, 0.5) is 0 Å². The van der Waals surface area contributed by atoms with E-state index >= 15 is 0 Å². The summed E-state index contributed by atoms with van der Waals surface area (Å²) in [4.78, 5) is 0. The molecule has 0 nitrogen and oxygen atoms in total. The Hall–Kier alpha value is 0.960. The molecule has 0 aliphatic heterocycles. The van der Waals surface area contributed by atoms with Crippen molar-refractivity contribution in [3.8, 4) is 0 Å². The maximum absolute atomic E-state index is 3.66. The second-order valence-electron chi connectivity index (χ2n) is 3.21. The number of unbranched alkanes of at least 4 members (excludes halogenated alkanes) is 1. The van der Waals surface area contributed by atoms with Crippen molar-refractivity contribution < 1.29 is 0 Å². The second kappa shape index (κ2) is 3.14. The zero-order valence-corrected chi connectivity index (χ0v) is 9.70. The van der Waals surface area contributed by atoms with E-state index in [4.69, 9.17) is 0 Å². The summed E-state index contributed by atoms with van der Waals surface area (Å²) in [6.45, 7) is 4.54. The van der Waals surface area contributed by atoms with Gasteiger partial charge in [0.1, 0.15) is 0 Å². The summed E-state index contributed by atoms with van der Waals surface area (Å²) in [6, 6.07) is 0. The van der Waals surface area contributed by atoms with E-state index in [1.54, 1.807) is 0 Å². The van der Waals surface area contributed by atoms with Crippen LogP contribution in [0.2, 0.25) is 0 Å². The van der Waals surface area contributed by atoms with Crippen molar-refractivity contribution in [2.75, 3.05) is 0 Å². The topological polar surface area (TPSA) is 0 Å². The standard InChI is InChI=1S/C8H14Br2/c1-3-4-5-7-6(2)8(7,9)10/h6-7H,3-5H2,1-2H3/t6-,7+/m0/s1. The SMILES string of the molecule is CCCC[C@@H]1[C@H](C)C1(Br)Br. The van der Waals surface area contributed by atoms with Gasteiger partial charge in [-0.2, -0.15) is 0 Å². The molecule has 0 radical (unpaired) electrons. The van der Waals surface area contributed by atoms with Crippen LogP contribution in [0.5, 0.6) is 0 Å². The Morgan fingerprint density at radius 2 is 1.90 bits per heavy atom. The first-order valence-corrected chi connectivity index (χ1v) is 5.57. The molecule has 1 saturated carbocycles. The molecule has 2 heteroatoms. The summed E-state index contributed by atoms with van der Waals surface area (Å²) in [6.07, 6.45) is 4.06. The number of rotatable bonds is 3. The number of hydrogen-bond acceptors (Lipinski definition) is 0. The molecular formula is C8H14Br2. The lowest BCUT2D eigenvalue weighted by Crippen LogP contribution is -1.87. The van der Waals surface area contributed by atoms with E-state index in [-0.39, 0.29) is 0 Å². The molecule has 1 fully saturated rings. The van der Waals surface area contributed by atoms with Crippen molar-refractivity contribution in [3.63, 3.8) is 0 Å². The first kappa shape index (κ1) is 9.05. The predicted molar refractivity (Wildman–Crippen MR) is 52.8 cm³/mol. The molecule has 2 atom stereocenters. The highest BCUT2D eigenvalue weighted by atomic mass is 79.9. The molecule has 0 aromatic rings. The summed E-state index contributed by atoms with van der Waals surface area (Å²) < 4.78 is 0.301. The Balaban J connectivity index is 2.22. The molecule has 0 aromatic carbocycles. The average molecular weight is 270 g/mol. The number of hydrogen-bond donors (Lipinski definition) is 0. The number of alkyl halides is 2. The Morgan fingerprint density at radius 1 is 1.40 bits per heavy atom. The minimum absolute atomic E-state index is 0.301. The molecule has 0 unspecified atom stereocenters. The molecule has 1 rings (SSSR count). The van der Waals surface area contributed by atoms with E-state index in [1.807, 2.05) is 0 Å². The van der Waals surface area contributed by atoms with Crippen LogP contribution < -0.4 is 0 Å². The number of halogens is 2. The predicted octanol–water partition coefficient (Wildman–Crippen LogP) is 3.93. The van der Waals surface area contributed by atoms with E-state index in [1.165, 1.54) is 19.3 Å². The summed E-state index contributed by atoms with van der Waals surface area (Å²) in [5, 5.41) is 0. The quantitative estimate of drug-likeness (QED) is 0.681. The molecule has 0 aromatic heterocycles. The molecule has 0 N–H and O–H groups in total. The van der Waals surface area contributed by atoms with Gasteiger partial charge in [0, 0.05) is 0 Å². The van der Waals surface area contributed by atoms with Crippen LogP contribution in [-0.2, 0) is 0 Å². The highest BCUT2D eigenvalue weighted by Gasteiger charge is 2.57. The van der Waals surface area contributed by atoms with E-state index in [0.29, 0.717) is 3.23 Å². The second-order valence-corrected chi connectivity index (χ2v) is 6.90. The molecule has 0 spiro atoms. The summed E-state index contributed by atoms with van der Waals surface area (Å²) in [5.74, 6) is 1.69. The van der Waals surface area contributed by atoms with Crippen LogP contribution in [0.1, 0.15) is 33.1 Å². The van der Waals surface area contributed by atoms with Gasteiger partial charge in [-0.15, -0.1) is 0 Å². The van der Waals surface area contributed by atoms with Gasteiger partial charge in [0.25, 0.3) is 0 Å². The van der Waals surface area contributed by atoms with Crippen molar-refractivity contribution in [1.29, 1.82) is 0 Å². The molecule has 60 valence electrons. The van der Waals surface area contributed by atoms with E-state index in [0.717, 1.165) is 11.8 Å². The van der Waals surface area contributed by atoms with Gasteiger partial charge < -0.3 is 0 Å². The van der Waals surface area contributed by atoms with Gasteiger partial charge in [0.2, 0.25) is 0 Å². The molecule has 0 saturated heterocycles. The zero-order chi connectivity index (χ0) is 7.78. The Morgan fingerprint density at radius 3 is 2.20 bits per heavy atom. The maximum atomic E-state index is 3.66. The molecule has 0 heterocycles. The first-order chi connectivity index (χ1) is 4.60. The maximum Gasteiger partial charge on any atom is 0.0865 e. The summed E-state index contributed by atoms with van der Waals surface area (Å²) in [7, 11) is 0. The van der Waals surface area contributed by atoms with Crippen LogP contribution in [0.3, 0.4) is 0 Å². The minimum Gasteiger partial charge on any atom is -0.0721 e. The van der Waals surface area contributed by atoms with Crippen LogP contribution in [0, 0.1) is 11.8 Å². The zero-order valence-electron chi connectivity index (χ0n) is 6.53. The normalized spacial score (nSPS) is 36.0. The van der Waals surface area contributed by atoms with Crippen LogP contribution in [0.25, 0.3) is 0 Å². The fourth-order valence-electron chi connectivity index (χ4n) is 1.43. The van der Waals surface area contributed by atoms with E-state index in [9.17, 15) is 0 Å². The molecule has 0 amide bonds. The monoisotopic (exact) mass is 268 g/mol. The first-order valence-electron chi connectivity index (χ1n) is 3.98. The molecule has 1 aliphatic carbocycles. The van der Waals surface area contributed by atoms with Gasteiger partial charge >= 0.3 is 0 Å². The van der Waals surface area contributed by atoms with Crippen LogP contribution in [-0.4, -0.2) is 3.23 Å². The molecular weight excluding hydrogens is 256 g/mol. The van der Waals surface area contributed by atoms with E-state index in [2.05, 4.69) is 45.7 Å². The Labute approximate surface area is 80.0 Å². The van der Waals surface area contributed by atoms with Gasteiger partial charge in [-0.3, -0.25) is 0 Å². The smallest absolute Gasteiger partial charge is 0.0721 e. The van der Waals surface area contributed by atoms with Crippen LogP contribution >= 0.6 is 31.9 Å². The highest BCUT2D eigenvalue weighted by Crippen LogP contribution is 2.63. The van der Waals surface area contributed by atoms with Crippen LogP contribution in [0.15, 0.2) is 0 Å². The van der Waals surface area contributed by atoms with Gasteiger partial charge in [-0.1, -0.05) is 58.5 Å². The van der Waals surface area contributed by atoms with E-state index < -0.39 is 0 Å². The Bertz CT molecular complexity index is 120. The van der Waals surface area contributed by atoms with Gasteiger partial charge in [-0.05, 0) is 18.3 Å². The van der Waals surface area contributed by atoms with Crippen molar-refractivity contribution >= 4 is 31.9 Å². The third kappa shape index (κ3) is 1.58. The summed E-state index contributed by atoms with van der Waals surface area (Å²) >= 11 is 7.33. The van der Waals surface area contributed by atoms with Crippen molar-refractivity contribution in [1.82, 2.24) is 0 Å². The Kier molecular flexibility index (Phi) is 2.84. The lowest BCUT2D eigenvalue weighted by atomic mass is 10.2. The van der Waals surface area contributed by atoms with Gasteiger partial charge in [-0.25, -0.2) is 0 Å². The van der Waals surface area contributed by atoms with Crippen molar-refractivity contribution in [3.05, 3.63) is 0 Å². The molecule has 1 aliphatic rings. The lowest BCUT2D eigenvalue weighted by molar-refractivity contribution is 0.620. The highest BCUT2D eigenvalue weighted by molar-refractivity contribution is 9.25. The largest absolute Gasteiger partial charge is 0.0865 e. The van der Waals surface area contributed by atoms with Gasteiger partial charge in [0.05, 0.1) is 3.23 Å². The molecule has 10 heavy (non-hydrogen) atoms. The fourth-order valence-corrected chi connectivity index (χ4v) is 3.05. The minimum atomic E-state index is 0.301. The third-order valence-corrected chi connectivity index (χ3v) is 5.09. The summed E-state index contributed by atoms with van der Waals surface area (Å²) in [5.41, 5.74) is 0. The molecule has 0 bridgehead atoms. The third-order valence-electron chi connectivity index (χ3n) is 2.46. The van der Waals surface area contributed by atoms with Crippen molar-refractivity contribution in [2.45, 2.75) is 36.3 Å².